The number of fused-ring (bicyclic) bond motifs is 1. The fourth-order valence-electron chi connectivity index (χ4n) is 3.75. The lowest BCUT2D eigenvalue weighted by molar-refractivity contribution is -0.142. The second kappa shape index (κ2) is 10.7. The molecule has 1 atom stereocenters. The van der Waals surface area contributed by atoms with Gasteiger partial charge in [-0.05, 0) is 54.3 Å². The highest BCUT2D eigenvalue weighted by molar-refractivity contribution is 5.89. The summed E-state index contributed by atoms with van der Waals surface area (Å²) in [6, 6.07) is 13.6. The van der Waals surface area contributed by atoms with E-state index < -0.39 is 6.04 Å². The maximum Gasteiger partial charge on any atom is 0.247 e. The van der Waals surface area contributed by atoms with E-state index in [1.165, 1.54) is 4.90 Å². The van der Waals surface area contributed by atoms with Gasteiger partial charge >= 0.3 is 0 Å². The summed E-state index contributed by atoms with van der Waals surface area (Å²) in [5.41, 5.74) is 2.11. The summed E-state index contributed by atoms with van der Waals surface area (Å²) in [7, 11) is 0. The fraction of sp³-hybridized carbons (Fsp3) is 0.320. The van der Waals surface area contributed by atoms with E-state index in [1.807, 2.05) is 24.3 Å². The molecule has 0 saturated carbocycles. The van der Waals surface area contributed by atoms with Crippen molar-refractivity contribution in [2.45, 2.75) is 39.4 Å². The van der Waals surface area contributed by atoms with Crippen LogP contribution in [0.5, 0.6) is 0 Å². The van der Waals surface area contributed by atoms with Crippen molar-refractivity contribution in [3.05, 3.63) is 78.5 Å². The standard InChI is InChI=1S/C25H28N6O3/c1-18(2)9-14-27-25(33)24(19-10-12-26-13-11-19)30(16-20-6-5-15-34-20)23(32)17-31-22-8-4-3-7-21(22)28-29-31/h3-8,10-13,15,18,24H,9,14,16-17H2,1-2H3,(H,27,33)/t24-/m0/s1. The van der Waals surface area contributed by atoms with Crippen molar-refractivity contribution in [3.8, 4) is 0 Å². The van der Waals surface area contributed by atoms with Gasteiger partial charge in [0, 0.05) is 18.9 Å². The molecule has 3 heterocycles. The van der Waals surface area contributed by atoms with Crippen LogP contribution in [0.15, 0.2) is 71.6 Å². The molecule has 0 radical (unpaired) electrons. The molecular weight excluding hydrogens is 432 g/mol. The van der Waals surface area contributed by atoms with Gasteiger partial charge in [0.05, 0.1) is 18.3 Å². The van der Waals surface area contributed by atoms with E-state index in [1.54, 1.807) is 47.6 Å². The summed E-state index contributed by atoms with van der Waals surface area (Å²) in [6.45, 7) is 4.78. The van der Waals surface area contributed by atoms with E-state index in [2.05, 4.69) is 34.5 Å². The topological polar surface area (TPSA) is 106 Å². The van der Waals surface area contributed by atoms with E-state index in [-0.39, 0.29) is 24.9 Å². The van der Waals surface area contributed by atoms with Crippen molar-refractivity contribution in [3.63, 3.8) is 0 Å². The van der Waals surface area contributed by atoms with Gasteiger partial charge in [-0.15, -0.1) is 5.10 Å². The maximum atomic E-state index is 13.7. The molecule has 9 nitrogen and oxygen atoms in total. The van der Waals surface area contributed by atoms with E-state index in [0.29, 0.717) is 29.3 Å². The second-order valence-corrected chi connectivity index (χ2v) is 8.49. The van der Waals surface area contributed by atoms with Crippen molar-refractivity contribution in [2.75, 3.05) is 6.54 Å². The van der Waals surface area contributed by atoms with Gasteiger partial charge in [0.2, 0.25) is 11.8 Å². The molecule has 0 saturated heterocycles. The Labute approximate surface area is 197 Å². The van der Waals surface area contributed by atoms with Gasteiger partial charge in [-0.1, -0.05) is 31.2 Å². The summed E-state index contributed by atoms with van der Waals surface area (Å²) in [6.07, 6.45) is 5.62. The number of nitrogens with one attached hydrogen (secondary N) is 1. The molecule has 4 aromatic rings. The number of carbonyl (C=O) groups excluding carboxylic acids is 2. The van der Waals surface area contributed by atoms with Crippen molar-refractivity contribution >= 4 is 22.8 Å². The van der Waals surface area contributed by atoms with E-state index in [0.717, 1.165) is 11.9 Å². The molecule has 9 heteroatoms. The number of furan rings is 1. The fourth-order valence-corrected chi connectivity index (χ4v) is 3.75. The molecule has 0 bridgehead atoms. The molecule has 1 N–H and O–H groups in total. The van der Waals surface area contributed by atoms with Crippen LogP contribution in [-0.4, -0.2) is 43.2 Å². The van der Waals surface area contributed by atoms with Crippen molar-refractivity contribution in [2.24, 2.45) is 5.92 Å². The molecular formula is C25H28N6O3. The van der Waals surface area contributed by atoms with Gasteiger partial charge in [-0.25, -0.2) is 4.68 Å². The minimum absolute atomic E-state index is 0.0674. The van der Waals surface area contributed by atoms with Crippen LogP contribution in [0, 0.1) is 5.92 Å². The molecule has 0 aliphatic heterocycles. The zero-order valence-electron chi connectivity index (χ0n) is 19.3. The van der Waals surface area contributed by atoms with Crippen molar-refractivity contribution in [1.82, 2.24) is 30.2 Å². The lowest BCUT2D eigenvalue weighted by Gasteiger charge is -2.31. The van der Waals surface area contributed by atoms with Crippen LogP contribution >= 0.6 is 0 Å². The molecule has 0 aliphatic rings. The van der Waals surface area contributed by atoms with Crippen LogP contribution in [0.1, 0.15) is 37.6 Å². The van der Waals surface area contributed by atoms with Crippen LogP contribution in [-0.2, 0) is 22.7 Å². The smallest absolute Gasteiger partial charge is 0.247 e. The summed E-state index contributed by atoms with van der Waals surface area (Å²) < 4.78 is 7.07. The maximum absolute atomic E-state index is 13.7. The number of aromatic nitrogens is 4. The Bertz CT molecular complexity index is 1220. The summed E-state index contributed by atoms with van der Waals surface area (Å²) >= 11 is 0. The second-order valence-electron chi connectivity index (χ2n) is 8.49. The van der Waals surface area contributed by atoms with Crippen LogP contribution in [0.3, 0.4) is 0 Å². The molecule has 3 aromatic heterocycles. The van der Waals surface area contributed by atoms with Crippen molar-refractivity contribution < 1.29 is 14.0 Å². The first kappa shape index (κ1) is 23.2. The number of para-hydroxylation sites is 1. The van der Waals surface area contributed by atoms with Gasteiger partial charge in [0.25, 0.3) is 0 Å². The molecule has 0 fully saturated rings. The molecule has 2 amide bonds. The largest absolute Gasteiger partial charge is 0.467 e. The van der Waals surface area contributed by atoms with Crippen LogP contribution in [0.25, 0.3) is 11.0 Å². The van der Waals surface area contributed by atoms with Gasteiger partial charge < -0.3 is 14.6 Å². The van der Waals surface area contributed by atoms with E-state index in [9.17, 15) is 9.59 Å². The van der Waals surface area contributed by atoms with Gasteiger partial charge in [0.15, 0.2) is 0 Å². The Morgan fingerprint density at radius 2 is 1.88 bits per heavy atom. The highest BCUT2D eigenvalue weighted by Crippen LogP contribution is 2.24. The van der Waals surface area contributed by atoms with Gasteiger partial charge in [0.1, 0.15) is 23.9 Å². The summed E-state index contributed by atoms with van der Waals surface area (Å²) in [5.74, 6) is 0.482. The predicted molar refractivity (Wildman–Crippen MR) is 126 cm³/mol. The quantitative estimate of drug-likeness (QED) is 0.389. The minimum Gasteiger partial charge on any atom is -0.467 e. The number of rotatable bonds is 10. The van der Waals surface area contributed by atoms with Gasteiger partial charge in [-0.2, -0.15) is 0 Å². The van der Waals surface area contributed by atoms with Crippen LogP contribution in [0.4, 0.5) is 0 Å². The average Bonchev–Trinajstić information content (AvgIpc) is 3.49. The number of benzene rings is 1. The normalized spacial score (nSPS) is 12.1. The Kier molecular flexibility index (Phi) is 7.31. The number of carbonyl (C=O) groups is 2. The molecule has 0 unspecified atom stereocenters. The Morgan fingerprint density at radius 1 is 1.09 bits per heavy atom. The van der Waals surface area contributed by atoms with Crippen LogP contribution in [0.2, 0.25) is 0 Å². The molecule has 0 spiro atoms. The SMILES string of the molecule is CC(C)CCNC(=O)[C@H](c1ccncc1)N(Cc1ccco1)C(=O)Cn1nnc2ccccc21. The third-order valence-corrected chi connectivity index (χ3v) is 5.53. The predicted octanol–water partition coefficient (Wildman–Crippen LogP) is 3.35. The zero-order valence-corrected chi connectivity index (χ0v) is 19.3. The first-order chi connectivity index (χ1) is 16.5. The highest BCUT2D eigenvalue weighted by Gasteiger charge is 2.32. The number of pyridine rings is 1. The molecule has 34 heavy (non-hydrogen) atoms. The Hall–Kier alpha value is -4.01. The zero-order chi connectivity index (χ0) is 23.9. The first-order valence-electron chi connectivity index (χ1n) is 11.3. The summed E-state index contributed by atoms with van der Waals surface area (Å²) in [5, 5.41) is 11.3. The number of hydrogen-bond acceptors (Lipinski definition) is 6. The number of hydrogen-bond donors (Lipinski definition) is 1. The average molecular weight is 461 g/mol. The van der Waals surface area contributed by atoms with E-state index >= 15 is 0 Å². The first-order valence-corrected chi connectivity index (χ1v) is 11.3. The number of nitrogens with zero attached hydrogens (tertiary/aromatic N) is 5. The summed E-state index contributed by atoms with van der Waals surface area (Å²) in [4.78, 5) is 32.7. The highest BCUT2D eigenvalue weighted by atomic mass is 16.3. The van der Waals surface area contributed by atoms with E-state index in [4.69, 9.17) is 4.42 Å². The Morgan fingerprint density at radius 3 is 2.62 bits per heavy atom. The lowest BCUT2D eigenvalue weighted by atomic mass is 10.0. The third-order valence-electron chi connectivity index (χ3n) is 5.53. The monoisotopic (exact) mass is 460 g/mol. The minimum atomic E-state index is -0.859. The number of amides is 2. The third kappa shape index (κ3) is 5.48. The lowest BCUT2D eigenvalue weighted by Crippen LogP contribution is -2.45. The molecule has 4 rings (SSSR count). The molecule has 176 valence electrons. The molecule has 1 aromatic carbocycles. The van der Waals surface area contributed by atoms with Crippen LogP contribution < -0.4 is 5.32 Å². The van der Waals surface area contributed by atoms with Crippen molar-refractivity contribution in [1.29, 1.82) is 0 Å². The Balaban J connectivity index is 1.66. The van der Waals surface area contributed by atoms with Gasteiger partial charge in [-0.3, -0.25) is 14.6 Å². The molecule has 0 aliphatic carbocycles.